The number of nitrogens with zero attached hydrogens (tertiary/aromatic N) is 1. The average molecular weight is 258 g/mol. The van der Waals surface area contributed by atoms with E-state index >= 15 is 0 Å². The number of hydrogen-bond donors (Lipinski definition) is 1. The fourth-order valence-electron chi connectivity index (χ4n) is 2.17. The SMILES string of the molecule is CC1CCN(Cc2cccc(Cl)c2F)CC1O. The smallest absolute Gasteiger partial charge is 0.146 e. The molecule has 0 amide bonds. The van der Waals surface area contributed by atoms with Gasteiger partial charge in [0.1, 0.15) is 5.82 Å². The van der Waals surface area contributed by atoms with Crippen LogP contribution in [0, 0.1) is 11.7 Å². The lowest BCUT2D eigenvalue weighted by molar-refractivity contribution is 0.0255. The summed E-state index contributed by atoms with van der Waals surface area (Å²) in [4.78, 5) is 2.07. The van der Waals surface area contributed by atoms with Crippen LogP contribution in [-0.2, 0) is 6.54 Å². The van der Waals surface area contributed by atoms with Gasteiger partial charge >= 0.3 is 0 Å². The largest absolute Gasteiger partial charge is 0.392 e. The quantitative estimate of drug-likeness (QED) is 0.881. The van der Waals surface area contributed by atoms with Gasteiger partial charge in [0.2, 0.25) is 0 Å². The van der Waals surface area contributed by atoms with Crippen molar-refractivity contribution >= 4 is 11.6 Å². The highest BCUT2D eigenvalue weighted by molar-refractivity contribution is 6.30. The van der Waals surface area contributed by atoms with Crippen LogP contribution < -0.4 is 0 Å². The van der Waals surface area contributed by atoms with Crippen molar-refractivity contribution < 1.29 is 9.50 Å². The minimum Gasteiger partial charge on any atom is -0.392 e. The van der Waals surface area contributed by atoms with Crippen LogP contribution in [-0.4, -0.2) is 29.2 Å². The standard InChI is InChI=1S/C13H17ClFNO/c1-9-5-6-16(8-12(9)17)7-10-3-2-4-11(14)13(10)15/h2-4,9,12,17H,5-8H2,1H3. The van der Waals surface area contributed by atoms with Gasteiger partial charge in [0, 0.05) is 18.7 Å². The van der Waals surface area contributed by atoms with E-state index in [1.165, 1.54) is 0 Å². The van der Waals surface area contributed by atoms with E-state index in [1.807, 2.05) is 6.92 Å². The highest BCUT2D eigenvalue weighted by Gasteiger charge is 2.24. The second-order valence-corrected chi connectivity index (χ2v) is 5.19. The summed E-state index contributed by atoms with van der Waals surface area (Å²) in [5.74, 6) is -0.0160. The molecule has 0 spiro atoms. The first-order valence-electron chi connectivity index (χ1n) is 5.91. The predicted molar refractivity (Wildman–Crippen MR) is 66.5 cm³/mol. The molecular formula is C13H17ClFNO. The van der Waals surface area contributed by atoms with Crippen molar-refractivity contribution in [3.05, 3.63) is 34.6 Å². The first kappa shape index (κ1) is 12.8. The van der Waals surface area contributed by atoms with Crippen LogP contribution in [0.3, 0.4) is 0 Å². The fraction of sp³-hybridized carbons (Fsp3) is 0.538. The molecule has 1 aromatic carbocycles. The molecule has 4 heteroatoms. The van der Waals surface area contributed by atoms with Crippen molar-refractivity contribution in [2.45, 2.75) is 26.0 Å². The average Bonchev–Trinajstić information content (AvgIpc) is 2.30. The maximum absolute atomic E-state index is 13.7. The lowest BCUT2D eigenvalue weighted by Gasteiger charge is -2.34. The summed E-state index contributed by atoms with van der Waals surface area (Å²) in [6.07, 6.45) is 0.634. The van der Waals surface area contributed by atoms with Crippen LogP contribution in [0.25, 0.3) is 0 Å². The maximum Gasteiger partial charge on any atom is 0.146 e. The summed E-state index contributed by atoms with van der Waals surface area (Å²) in [5, 5.41) is 9.95. The molecule has 0 saturated carbocycles. The van der Waals surface area contributed by atoms with Gasteiger partial charge in [0.15, 0.2) is 0 Å². The molecule has 0 bridgehead atoms. The number of rotatable bonds is 2. The molecule has 1 heterocycles. The Morgan fingerprint density at radius 2 is 2.29 bits per heavy atom. The monoisotopic (exact) mass is 257 g/mol. The third-order valence-corrected chi connectivity index (χ3v) is 3.72. The highest BCUT2D eigenvalue weighted by Crippen LogP contribution is 2.22. The first-order chi connectivity index (χ1) is 8.08. The summed E-state index contributed by atoms with van der Waals surface area (Å²) in [6, 6.07) is 5.04. The molecule has 1 fully saturated rings. The Morgan fingerprint density at radius 3 is 3.00 bits per heavy atom. The van der Waals surface area contributed by atoms with Crippen molar-refractivity contribution in [3.63, 3.8) is 0 Å². The minimum absolute atomic E-state index is 0.161. The van der Waals surface area contributed by atoms with Crippen molar-refractivity contribution in [3.8, 4) is 0 Å². The van der Waals surface area contributed by atoms with Crippen LogP contribution in [0.1, 0.15) is 18.9 Å². The van der Waals surface area contributed by atoms with Gasteiger partial charge in [0.05, 0.1) is 11.1 Å². The van der Waals surface area contributed by atoms with Crippen LogP contribution in [0.15, 0.2) is 18.2 Å². The zero-order valence-electron chi connectivity index (χ0n) is 9.87. The number of hydrogen-bond acceptors (Lipinski definition) is 2. The number of aliphatic hydroxyl groups excluding tert-OH is 1. The molecule has 2 nitrogen and oxygen atoms in total. The molecule has 2 rings (SSSR count). The maximum atomic E-state index is 13.7. The Balaban J connectivity index is 2.04. The number of benzene rings is 1. The van der Waals surface area contributed by atoms with Crippen molar-refractivity contribution in [2.75, 3.05) is 13.1 Å². The third-order valence-electron chi connectivity index (χ3n) is 3.43. The van der Waals surface area contributed by atoms with E-state index in [-0.39, 0.29) is 16.9 Å². The molecule has 1 saturated heterocycles. The number of β-amino-alcohol motifs (C(OH)–C–C–N with tert-alkyl or cyclic N) is 1. The topological polar surface area (TPSA) is 23.5 Å². The van der Waals surface area contributed by atoms with Gasteiger partial charge < -0.3 is 5.11 Å². The highest BCUT2D eigenvalue weighted by atomic mass is 35.5. The lowest BCUT2D eigenvalue weighted by atomic mass is 9.96. The molecule has 0 radical (unpaired) electrons. The molecule has 0 aromatic heterocycles. The van der Waals surface area contributed by atoms with Gasteiger partial charge in [-0.2, -0.15) is 0 Å². The second kappa shape index (κ2) is 5.34. The second-order valence-electron chi connectivity index (χ2n) is 4.78. The molecule has 1 aromatic rings. The Labute approximate surface area is 106 Å². The third kappa shape index (κ3) is 2.97. The van der Waals surface area contributed by atoms with E-state index in [0.29, 0.717) is 24.6 Å². The molecule has 2 unspecified atom stereocenters. The molecule has 2 atom stereocenters. The van der Waals surface area contributed by atoms with Gasteiger partial charge in [-0.15, -0.1) is 0 Å². The van der Waals surface area contributed by atoms with Crippen LogP contribution in [0.5, 0.6) is 0 Å². The van der Waals surface area contributed by atoms with Gasteiger partial charge in [0.25, 0.3) is 0 Å². The van der Waals surface area contributed by atoms with Gasteiger partial charge in [-0.25, -0.2) is 4.39 Å². The summed E-state index contributed by atoms with van der Waals surface area (Å²) in [6.45, 7) is 4.05. The van der Waals surface area contributed by atoms with E-state index in [1.54, 1.807) is 18.2 Å². The molecular weight excluding hydrogens is 241 g/mol. The summed E-state index contributed by atoms with van der Waals surface area (Å²) < 4.78 is 13.7. The number of halogens is 2. The fourth-order valence-corrected chi connectivity index (χ4v) is 2.36. The zero-order chi connectivity index (χ0) is 12.4. The molecule has 1 N–H and O–H groups in total. The zero-order valence-corrected chi connectivity index (χ0v) is 10.6. The normalized spacial score (nSPS) is 26.1. The van der Waals surface area contributed by atoms with E-state index in [2.05, 4.69) is 4.90 Å². The summed E-state index contributed by atoms with van der Waals surface area (Å²) in [5.41, 5.74) is 0.597. The number of piperidine rings is 1. The van der Waals surface area contributed by atoms with Crippen molar-refractivity contribution in [1.82, 2.24) is 4.90 Å². The van der Waals surface area contributed by atoms with Gasteiger partial charge in [-0.1, -0.05) is 30.7 Å². The Kier molecular flexibility index (Phi) is 4.02. The molecule has 1 aliphatic rings. The molecule has 17 heavy (non-hydrogen) atoms. The van der Waals surface area contributed by atoms with E-state index < -0.39 is 0 Å². The van der Waals surface area contributed by atoms with E-state index in [9.17, 15) is 9.50 Å². The lowest BCUT2D eigenvalue weighted by Crippen LogP contribution is -2.42. The Morgan fingerprint density at radius 1 is 1.53 bits per heavy atom. The minimum atomic E-state index is -0.345. The van der Waals surface area contributed by atoms with Gasteiger partial charge in [-0.05, 0) is 24.9 Å². The van der Waals surface area contributed by atoms with Crippen LogP contribution in [0.4, 0.5) is 4.39 Å². The van der Waals surface area contributed by atoms with E-state index in [0.717, 1.165) is 13.0 Å². The molecule has 1 aliphatic heterocycles. The van der Waals surface area contributed by atoms with Gasteiger partial charge in [-0.3, -0.25) is 4.90 Å². The Bertz CT molecular complexity index is 399. The molecule has 0 aliphatic carbocycles. The summed E-state index contributed by atoms with van der Waals surface area (Å²) >= 11 is 5.74. The summed E-state index contributed by atoms with van der Waals surface area (Å²) in [7, 11) is 0. The van der Waals surface area contributed by atoms with Crippen LogP contribution >= 0.6 is 11.6 Å². The first-order valence-corrected chi connectivity index (χ1v) is 6.29. The Hall–Kier alpha value is -0.640. The molecule has 94 valence electrons. The van der Waals surface area contributed by atoms with Crippen molar-refractivity contribution in [1.29, 1.82) is 0 Å². The van der Waals surface area contributed by atoms with Crippen molar-refractivity contribution in [2.24, 2.45) is 5.92 Å². The number of aliphatic hydroxyl groups is 1. The van der Waals surface area contributed by atoms with Crippen LogP contribution in [0.2, 0.25) is 5.02 Å². The van der Waals surface area contributed by atoms with E-state index in [4.69, 9.17) is 11.6 Å². The number of likely N-dealkylation sites (tertiary alicyclic amines) is 1. The predicted octanol–water partition coefficient (Wildman–Crippen LogP) is 2.68.